The molecule has 0 aliphatic carbocycles. The standard InChI is InChI=1S/C17H15FN2O/c1-11-3-4-13(7-12(11)2)8-17(21)20-16-6-5-15(18)9-14(16)10-19/h3-7,9H,8H2,1-2H3,(H,20,21). The van der Waals surface area contributed by atoms with Gasteiger partial charge in [-0.25, -0.2) is 4.39 Å². The molecule has 0 aromatic heterocycles. The van der Waals surface area contributed by atoms with Gasteiger partial charge in [0.05, 0.1) is 17.7 Å². The minimum absolute atomic E-state index is 0.114. The molecule has 0 fully saturated rings. The van der Waals surface area contributed by atoms with E-state index in [2.05, 4.69) is 5.32 Å². The Kier molecular flexibility index (Phi) is 4.34. The van der Waals surface area contributed by atoms with Crippen LogP contribution in [-0.2, 0) is 11.2 Å². The van der Waals surface area contributed by atoms with Crippen LogP contribution in [0.3, 0.4) is 0 Å². The molecule has 0 bridgehead atoms. The fourth-order valence-corrected chi connectivity index (χ4v) is 2.01. The molecule has 1 N–H and O–H groups in total. The number of amides is 1. The number of halogens is 1. The van der Waals surface area contributed by atoms with Gasteiger partial charge in [0.15, 0.2) is 0 Å². The smallest absolute Gasteiger partial charge is 0.228 e. The molecule has 4 heteroatoms. The van der Waals surface area contributed by atoms with E-state index in [-0.39, 0.29) is 17.9 Å². The highest BCUT2D eigenvalue weighted by Gasteiger charge is 2.09. The third kappa shape index (κ3) is 3.67. The maximum atomic E-state index is 13.0. The van der Waals surface area contributed by atoms with Crippen LogP contribution in [0, 0.1) is 31.0 Å². The second-order valence-corrected chi connectivity index (χ2v) is 4.95. The summed E-state index contributed by atoms with van der Waals surface area (Å²) in [6.45, 7) is 4.00. The van der Waals surface area contributed by atoms with Gasteiger partial charge in [-0.1, -0.05) is 18.2 Å². The number of nitriles is 1. The summed E-state index contributed by atoms with van der Waals surface area (Å²) in [5.74, 6) is -0.736. The minimum Gasteiger partial charge on any atom is -0.325 e. The topological polar surface area (TPSA) is 52.9 Å². The number of benzene rings is 2. The second kappa shape index (κ2) is 6.19. The van der Waals surface area contributed by atoms with Crippen molar-refractivity contribution in [3.8, 4) is 6.07 Å². The summed E-state index contributed by atoms with van der Waals surface area (Å²) in [5, 5.41) is 11.6. The molecule has 0 saturated heterocycles. The highest BCUT2D eigenvalue weighted by molar-refractivity contribution is 5.93. The number of hydrogen-bond acceptors (Lipinski definition) is 2. The van der Waals surface area contributed by atoms with Crippen molar-refractivity contribution in [1.82, 2.24) is 0 Å². The lowest BCUT2D eigenvalue weighted by atomic mass is 10.0. The molecule has 106 valence electrons. The van der Waals surface area contributed by atoms with Gasteiger partial charge in [-0.2, -0.15) is 5.26 Å². The van der Waals surface area contributed by atoms with Crippen molar-refractivity contribution in [3.05, 3.63) is 64.5 Å². The molecule has 21 heavy (non-hydrogen) atoms. The molecule has 2 aromatic rings. The largest absolute Gasteiger partial charge is 0.325 e. The predicted molar refractivity (Wildman–Crippen MR) is 79.4 cm³/mol. The molecular weight excluding hydrogens is 267 g/mol. The van der Waals surface area contributed by atoms with E-state index >= 15 is 0 Å². The first-order chi connectivity index (χ1) is 9.99. The first-order valence-electron chi connectivity index (χ1n) is 6.55. The molecule has 1 amide bonds. The number of carbonyl (C=O) groups is 1. The highest BCUT2D eigenvalue weighted by atomic mass is 19.1. The summed E-state index contributed by atoms with van der Waals surface area (Å²) in [7, 11) is 0. The molecule has 0 radical (unpaired) electrons. The zero-order chi connectivity index (χ0) is 15.4. The van der Waals surface area contributed by atoms with Gasteiger partial charge in [0.1, 0.15) is 11.9 Å². The SMILES string of the molecule is Cc1ccc(CC(=O)Nc2ccc(F)cc2C#N)cc1C. The molecule has 0 atom stereocenters. The Labute approximate surface area is 123 Å². The van der Waals surface area contributed by atoms with E-state index < -0.39 is 5.82 Å². The van der Waals surface area contributed by atoms with Crippen molar-refractivity contribution < 1.29 is 9.18 Å². The molecule has 3 nitrogen and oxygen atoms in total. The number of carbonyl (C=O) groups excluding carboxylic acids is 1. The Morgan fingerprint density at radius 3 is 2.62 bits per heavy atom. The first kappa shape index (κ1) is 14.7. The van der Waals surface area contributed by atoms with Gasteiger partial charge in [-0.15, -0.1) is 0 Å². The predicted octanol–water partition coefficient (Wildman–Crippen LogP) is 3.50. The number of nitrogens with zero attached hydrogens (tertiary/aromatic N) is 1. The number of anilines is 1. The van der Waals surface area contributed by atoms with E-state index in [9.17, 15) is 9.18 Å². The van der Waals surface area contributed by atoms with E-state index in [1.165, 1.54) is 17.7 Å². The number of nitrogens with one attached hydrogen (secondary N) is 1. The third-order valence-electron chi connectivity index (χ3n) is 3.31. The van der Waals surface area contributed by atoms with Crippen LogP contribution >= 0.6 is 0 Å². The summed E-state index contributed by atoms with van der Waals surface area (Å²) in [6.07, 6.45) is 0.212. The normalized spacial score (nSPS) is 10.0. The fraction of sp³-hybridized carbons (Fsp3) is 0.176. The van der Waals surface area contributed by atoms with Gasteiger partial charge in [0, 0.05) is 0 Å². The summed E-state index contributed by atoms with van der Waals surface area (Å²) in [5.41, 5.74) is 3.64. The van der Waals surface area contributed by atoms with Gasteiger partial charge < -0.3 is 5.32 Å². The number of rotatable bonds is 3. The Hall–Kier alpha value is -2.67. The number of aryl methyl sites for hydroxylation is 2. The van der Waals surface area contributed by atoms with Crippen LogP contribution in [0.1, 0.15) is 22.3 Å². The van der Waals surface area contributed by atoms with Gasteiger partial charge in [0.25, 0.3) is 0 Å². The van der Waals surface area contributed by atoms with E-state index in [1.54, 1.807) is 0 Å². The Morgan fingerprint density at radius 1 is 1.19 bits per heavy atom. The fourth-order valence-electron chi connectivity index (χ4n) is 2.01. The Balaban J connectivity index is 2.12. The van der Waals surface area contributed by atoms with E-state index in [4.69, 9.17) is 5.26 Å². The summed E-state index contributed by atoms with van der Waals surface area (Å²) < 4.78 is 13.0. The lowest BCUT2D eigenvalue weighted by Crippen LogP contribution is -2.15. The summed E-state index contributed by atoms with van der Waals surface area (Å²) in [4.78, 5) is 12.0. The van der Waals surface area contributed by atoms with Crippen LogP contribution < -0.4 is 5.32 Å². The summed E-state index contributed by atoms with van der Waals surface area (Å²) in [6, 6.07) is 11.4. The third-order valence-corrected chi connectivity index (χ3v) is 3.31. The highest BCUT2D eigenvalue weighted by Crippen LogP contribution is 2.17. The van der Waals surface area contributed by atoms with Crippen LogP contribution in [-0.4, -0.2) is 5.91 Å². The zero-order valence-corrected chi connectivity index (χ0v) is 11.9. The van der Waals surface area contributed by atoms with Crippen LogP contribution in [0.5, 0.6) is 0 Å². The van der Waals surface area contributed by atoms with Gasteiger partial charge in [-0.3, -0.25) is 4.79 Å². The van der Waals surface area contributed by atoms with Crippen LogP contribution in [0.15, 0.2) is 36.4 Å². The number of hydrogen-bond donors (Lipinski definition) is 1. The molecule has 2 rings (SSSR count). The second-order valence-electron chi connectivity index (χ2n) is 4.95. The quantitative estimate of drug-likeness (QED) is 0.936. The molecular formula is C17H15FN2O. The monoisotopic (exact) mass is 282 g/mol. The van der Waals surface area contributed by atoms with E-state index in [0.717, 1.165) is 17.2 Å². The molecule has 2 aromatic carbocycles. The molecule has 0 saturated carbocycles. The van der Waals surface area contributed by atoms with Crippen molar-refractivity contribution in [2.24, 2.45) is 0 Å². The summed E-state index contributed by atoms with van der Waals surface area (Å²) >= 11 is 0. The van der Waals surface area contributed by atoms with Crippen LogP contribution in [0.2, 0.25) is 0 Å². The van der Waals surface area contributed by atoms with Crippen molar-refractivity contribution in [2.75, 3.05) is 5.32 Å². The van der Waals surface area contributed by atoms with Crippen LogP contribution in [0.25, 0.3) is 0 Å². The minimum atomic E-state index is -0.501. The van der Waals surface area contributed by atoms with Crippen molar-refractivity contribution in [3.63, 3.8) is 0 Å². The van der Waals surface area contributed by atoms with E-state index in [1.807, 2.05) is 38.1 Å². The van der Waals surface area contributed by atoms with Crippen molar-refractivity contribution >= 4 is 11.6 Å². The molecule has 0 aliphatic heterocycles. The van der Waals surface area contributed by atoms with Crippen molar-refractivity contribution in [1.29, 1.82) is 5.26 Å². The average Bonchev–Trinajstić information content (AvgIpc) is 2.44. The Bertz CT molecular complexity index is 732. The maximum Gasteiger partial charge on any atom is 0.228 e. The first-order valence-corrected chi connectivity index (χ1v) is 6.55. The lowest BCUT2D eigenvalue weighted by molar-refractivity contribution is -0.115. The average molecular weight is 282 g/mol. The molecule has 0 unspecified atom stereocenters. The molecule has 0 aliphatic rings. The van der Waals surface area contributed by atoms with Gasteiger partial charge >= 0.3 is 0 Å². The van der Waals surface area contributed by atoms with Gasteiger partial charge in [-0.05, 0) is 48.7 Å². The molecule has 0 heterocycles. The van der Waals surface area contributed by atoms with Gasteiger partial charge in [0.2, 0.25) is 5.91 Å². The van der Waals surface area contributed by atoms with Crippen molar-refractivity contribution in [2.45, 2.75) is 20.3 Å². The van der Waals surface area contributed by atoms with Crippen LogP contribution in [0.4, 0.5) is 10.1 Å². The molecule has 0 spiro atoms. The lowest BCUT2D eigenvalue weighted by Gasteiger charge is -2.08. The zero-order valence-electron chi connectivity index (χ0n) is 11.9. The maximum absolute atomic E-state index is 13.0. The Morgan fingerprint density at radius 2 is 1.95 bits per heavy atom. The van der Waals surface area contributed by atoms with E-state index in [0.29, 0.717) is 5.69 Å².